The van der Waals surface area contributed by atoms with Gasteiger partial charge in [-0.3, -0.25) is 9.59 Å². The average molecular weight is 312 g/mol. The van der Waals surface area contributed by atoms with Crippen molar-refractivity contribution < 1.29 is 9.59 Å². The van der Waals surface area contributed by atoms with E-state index in [1.807, 2.05) is 17.0 Å². The molecule has 0 saturated heterocycles. The molecule has 4 rings (SSSR count). The Bertz CT molecular complexity index is 645. The molecule has 1 aliphatic carbocycles. The third-order valence-corrected chi connectivity index (χ3v) is 5.50. The predicted octanol–water partition coefficient (Wildman–Crippen LogP) is 2.97. The van der Waals surface area contributed by atoms with Gasteiger partial charge in [0.2, 0.25) is 5.91 Å². The van der Waals surface area contributed by atoms with Crippen molar-refractivity contribution in [2.75, 3.05) is 11.4 Å². The van der Waals surface area contributed by atoms with Gasteiger partial charge < -0.3 is 10.2 Å². The molecule has 0 aromatic heterocycles. The van der Waals surface area contributed by atoms with Gasteiger partial charge in [0.15, 0.2) is 0 Å². The van der Waals surface area contributed by atoms with E-state index in [-0.39, 0.29) is 11.8 Å². The first-order valence-electron chi connectivity index (χ1n) is 8.99. The molecule has 122 valence electrons. The summed E-state index contributed by atoms with van der Waals surface area (Å²) in [5.41, 5.74) is 4.21. The quantitative estimate of drug-likeness (QED) is 0.854. The largest absolute Gasteiger partial charge is 0.349 e. The molecule has 0 spiro atoms. The van der Waals surface area contributed by atoms with Crippen LogP contribution in [0.1, 0.15) is 66.4 Å². The zero-order chi connectivity index (χ0) is 15.8. The van der Waals surface area contributed by atoms with Gasteiger partial charge in [-0.05, 0) is 48.9 Å². The van der Waals surface area contributed by atoms with Crippen molar-refractivity contribution in [2.24, 2.45) is 0 Å². The maximum absolute atomic E-state index is 12.7. The highest BCUT2D eigenvalue weighted by Crippen LogP contribution is 2.37. The minimum absolute atomic E-state index is 0.0614. The molecule has 3 aliphatic rings. The van der Waals surface area contributed by atoms with E-state index in [4.69, 9.17) is 0 Å². The molecule has 0 bridgehead atoms. The third kappa shape index (κ3) is 2.75. The first-order chi connectivity index (χ1) is 11.2. The Balaban J connectivity index is 1.56. The van der Waals surface area contributed by atoms with Crippen LogP contribution in [0.4, 0.5) is 5.69 Å². The molecule has 0 radical (unpaired) electrons. The smallest absolute Gasteiger partial charge is 0.251 e. The van der Waals surface area contributed by atoms with Crippen LogP contribution in [0, 0.1) is 0 Å². The Labute approximate surface area is 137 Å². The number of amides is 2. The molecule has 2 heterocycles. The van der Waals surface area contributed by atoms with Crippen LogP contribution >= 0.6 is 0 Å². The second-order valence-electron chi connectivity index (χ2n) is 7.10. The zero-order valence-electron chi connectivity index (χ0n) is 13.6. The number of hydrogen-bond acceptors (Lipinski definition) is 2. The molecule has 0 unspecified atom stereocenters. The fraction of sp³-hybridized carbons (Fsp3) is 0.579. The average Bonchev–Trinajstić information content (AvgIpc) is 2.82. The summed E-state index contributed by atoms with van der Waals surface area (Å²) >= 11 is 0. The minimum atomic E-state index is 0.0614. The van der Waals surface area contributed by atoms with E-state index in [2.05, 4.69) is 5.32 Å². The van der Waals surface area contributed by atoms with Gasteiger partial charge in [-0.2, -0.15) is 0 Å². The number of rotatable bonds is 2. The number of carbonyl (C=O) groups is 2. The topological polar surface area (TPSA) is 49.4 Å². The van der Waals surface area contributed by atoms with Crippen molar-refractivity contribution in [1.29, 1.82) is 0 Å². The fourth-order valence-corrected chi connectivity index (χ4v) is 4.28. The summed E-state index contributed by atoms with van der Waals surface area (Å²) in [5.74, 6) is 0.290. The van der Waals surface area contributed by atoms with Gasteiger partial charge in [-0.15, -0.1) is 0 Å². The minimum Gasteiger partial charge on any atom is -0.349 e. The lowest BCUT2D eigenvalue weighted by Crippen LogP contribution is -2.35. The Kier molecular flexibility index (Phi) is 3.83. The van der Waals surface area contributed by atoms with Crippen molar-refractivity contribution >= 4 is 17.5 Å². The standard InChI is InChI=1S/C19H24N2O2/c22-17-8-7-13-11-15(12-14-9-10-21(17)18(13)14)19(23)20-16-5-3-1-2-4-6-16/h11-12,16H,1-10H2,(H,20,23). The van der Waals surface area contributed by atoms with Gasteiger partial charge in [-0.25, -0.2) is 0 Å². The predicted molar refractivity (Wildman–Crippen MR) is 89.8 cm³/mol. The lowest BCUT2D eigenvalue weighted by molar-refractivity contribution is -0.118. The van der Waals surface area contributed by atoms with Crippen LogP contribution in [0.25, 0.3) is 0 Å². The maximum atomic E-state index is 12.7. The van der Waals surface area contributed by atoms with E-state index in [1.54, 1.807) is 0 Å². The molecule has 4 heteroatoms. The van der Waals surface area contributed by atoms with E-state index in [0.29, 0.717) is 12.5 Å². The van der Waals surface area contributed by atoms with E-state index in [0.717, 1.165) is 43.5 Å². The van der Waals surface area contributed by atoms with Crippen LogP contribution in [-0.4, -0.2) is 24.4 Å². The molecule has 1 aromatic carbocycles. The van der Waals surface area contributed by atoms with Gasteiger partial charge in [0, 0.05) is 24.6 Å². The van der Waals surface area contributed by atoms with Crippen molar-refractivity contribution in [2.45, 2.75) is 63.8 Å². The number of benzene rings is 1. The summed E-state index contributed by atoms with van der Waals surface area (Å²) < 4.78 is 0. The highest BCUT2D eigenvalue weighted by atomic mass is 16.2. The van der Waals surface area contributed by atoms with Crippen LogP contribution in [0.2, 0.25) is 0 Å². The van der Waals surface area contributed by atoms with Crippen LogP contribution in [-0.2, 0) is 17.6 Å². The van der Waals surface area contributed by atoms with E-state index in [1.165, 1.54) is 36.8 Å². The molecule has 1 N–H and O–H groups in total. The zero-order valence-corrected chi connectivity index (χ0v) is 13.6. The normalized spacial score (nSPS) is 21.0. The van der Waals surface area contributed by atoms with Crippen molar-refractivity contribution in [1.82, 2.24) is 5.32 Å². The van der Waals surface area contributed by atoms with Crippen molar-refractivity contribution in [3.05, 3.63) is 28.8 Å². The summed E-state index contributed by atoms with van der Waals surface area (Å²) in [5, 5.41) is 3.24. The summed E-state index contributed by atoms with van der Waals surface area (Å²) in [6.07, 6.45) is 9.44. The number of aryl methyl sites for hydroxylation is 1. The third-order valence-electron chi connectivity index (χ3n) is 5.50. The van der Waals surface area contributed by atoms with Gasteiger partial charge in [0.05, 0.1) is 5.69 Å². The molecule has 1 fully saturated rings. The monoisotopic (exact) mass is 312 g/mol. The van der Waals surface area contributed by atoms with Gasteiger partial charge >= 0.3 is 0 Å². The van der Waals surface area contributed by atoms with Gasteiger partial charge in [0.1, 0.15) is 0 Å². The Morgan fingerprint density at radius 1 is 1.00 bits per heavy atom. The SMILES string of the molecule is O=C(NC1CCCCCC1)c1cc2c3c(c1)CCN3C(=O)CC2. The molecule has 1 aromatic rings. The second-order valence-corrected chi connectivity index (χ2v) is 7.10. The molecule has 2 aliphatic heterocycles. The number of nitrogens with zero attached hydrogens (tertiary/aromatic N) is 1. The van der Waals surface area contributed by atoms with Crippen LogP contribution in [0.3, 0.4) is 0 Å². The van der Waals surface area contributed by atoms with Crippen LogP contribution < -0.4 is 10.2 Å². The van der Waals surface area contributed by atoms with E-state index in [9.17, 15) is 9.59 Å². The molecule has 2 amide bonds. The number of anilines is 1. The van der Waals surface area contributed by atoms with E-state index < -0.39 is 0 Å². The molecule has 23 heavy (non-hydrogen) atoms. The van der Waals surface area contributed by atoms with Crippen LogP contribution in [0.5, 0.6) is 0 Å². The van der Waals surface area contributed by atoms with Gasteiger partial charge in [-0.1, -0.05) is 25.7 Å². The summed E-state index contributed by atoms with van der Waals surface area (Å²) in [7, 11) is 0. The highest BCUT2D eigenvalue weighted by molar-refractivity contribution is 6.01. The Morgan fingerprint density at radius 3 is 2.43 bits per heavy atom. The molecular formula is C19H24N2O2. The van der Waals surface area contributed by atoms with Crippen molar-refractivity contribution in [3.63, 3.8) is 0 Å². The molecule has 0 atom stereocenters. The number of hydrogen-bond donors (Lipinski definition) is 1. The Hall–Kier alpha value is -1.84. The summed E-state index contributed by atoms with van der Waals surface area (Å²) in [4.78, 5) is 26.6. The fourth-order valence-electron chi connectivity index (χ4n) is 4.28. The molecule has 4 nitrogen and oxygen atoms in total. The first kappa shape index (κ1) is 14.7. The summed E-state index contributed by atoms with van der Waals surface area (Å²) in [6.45, 7) is 0.773. The maximum Gasteiger partial charge on any atom is 0.251 e. The summed E-state index contributed by atoms with van der Waals surface area (Å²) in [6, 6.07) is 4.34. The molecule has 1 saturated carbocycles. The lowest BCUT2D eigenvalue weighted by Gasteiger charge is -2.26. The molecular weight excluding hydrogens is 288 g/mol. The number of nitrogens with one attached hydrogen (secondary N) is 1. The van der Waals surface area contributed by atoms with E-state index >= 15 is 0 Å². The van der Waals surface area contributed by atoms with Crippen molar-refractivity contribution in [3.8, 4) is 0 Å². The first-order valence-corrected chi connectivity index (χ1v) is 8.99. The van der Waals surface area contributed by atoms with Gasteiger partial charge in [0.25, 0.3) is 5.91 Å². The Morgan fingerprint density at radius 2 is 1.70 bits per heavy atom. The highest BCUT2D eigenvalue weighted by Gasteiger charge is 2.32. The second kappa shape index (κ2) is 5.99. The van der Waals surface area contributed by atoms with Crippen LogP contribution in [0.15, 0.2) is 12.1 Å². The lowest BCUT2D eigenvalue weighted by atomic mass is 9.96. The number of carbonyl (C=O) groups excluding carboxylic acids is 2.